The van der Waals surface area contributed by atoms with Crippen LogP contribution in [0.15, 0.2) is 18.2 Å². The topological polar surface area (TPSA) is 68.2 Å². The van der Waals surface area contributed by atoms with Crippen molar-refractivity contribution in [3.63, 3.8) is 0 Å². The van der Waals surface area contributed by atoms with Gasteiger partial charge >= 0.3 is 0 Å². The predicted octanol–water partition coefficient (Wildman–Crippen LogP) is 0.797. The van der Waals surface area contributed by atoms with Crippen molar-refractivity contribution in [2.45, 2.75) is 19.9 Å². The Balaban J connectivity index is 2.35. The van der Waals surface area contributed by atoms with Crippen molar-refractivity contribution in [1.82, 2.24) is 14.6 Å². The summed E-state index contributed by atoms with van der Waals surface area (Å²) in [5.74, 6) is 0.627. The molecule has 0 saturated heterocycles. The normalized spacial score (nSPS) is 13.0. The summed E-state index contributed by atoms with van der Waals surface area (Å²) in [5, 5.41) is 7.48. The lowest BCUT2D eigenvalue weighted by Gasteiger charge is -2.07. The van der Waals surface area contributed by atoms with E-state index in [1.165, 1.54) is 0 Å². The molecule has 0 aliphatic rings. The van der Waals surface area contributed by atoms with Crippen LogP contribution >= 0.6 is 0 Å². The van der Waals surface area contributed by atoms with Gasteiger partial charge in [-0.2, -0.15) is 4.98 Å². The lowest BCUT2D eigenvalue weighted by Crippen LogP contribution is -2.25. The number of hydrogen-bond donors (Lipinski definition) is 2. The molecule has 0 aromatic carbocycles. The van der Waals surface area contributed by atoms with Crippen LogP contribution in [0.2, 0.25) is 0 Å². The second kappa shape index (κ2) is 3.86. The van der Waals surface area contributed by atoms with E-state index in [2.05, 4.69) is 15.4 Å². The highest BCUT2D eigenvalue weighted by Gasteiger charge is 2.06. The Labute approximate surface area is 88.3 Å². The third-order valence-corrected chi connectivity index (χ3v) is 2.28. The van der Waals surface area contributed by atoms with Crippen LogP contribution in [0.5, 0.6) is 0 Å². The first-order chi connectivity index (χ1) is 7.20. The monoisotopic (exact) mass is 205 g/mol. The van der Waals surface area contributed by atoms with Crippen molar-refractivity contribution >= 4 is 11.6 Å². The SMILES string of the molecule is Cc1cccc2nc(NC(C)CN)nn12. The van der Waals surface area contributed by atoms with Crippen molar-refractivity contribution in [3.05, 3.63) is 23.9 Å². The number of anilines is 1. The Morgan fingerprint density at radius 2 is 2.33 bits per heavy atom. The van der Waals surface area contributed by atoms with Crippen molar-refractivity contribution in [2.24, 2.45) is 5.73 Å². The summed E-state index contributed by atoms with van der Waals surface area (Å²) < 4.78 is 1.81. The largest absolute Gasteiger partial charge is 0.349 e. The summed E-state index contributed by atoms with van der Waals surface area (Å²) in [4.78, 5) is 4.35. The molecule has 3 N–H and O–H groups in total. The van der Waals surface area contributed by atoms with Crippen LogP contribution < -0.4 is 11.1 Å². The van der Waals surface area contributed by atoms with E-state index in [1.54, 1.807) is 0 Å². The molecule has 0 amide bonds. The molecule has 0 aliphatic heterocycles. The van der Waals surface area contributed by atoms with Gasteiger partial charge in [0.25, 0.3) is 0 Å². The number of fused-ring (bicyclic) bond motifs is 1. The molecule has 0 saturated carbocycles. The fourth-order valence-corrected chi connectivity index (χ4v) is 1.38. The van der Waals surface area contributed by atoms with Crippen molar-refractivity contribution in [1.29, 1.82) is 0 Å². The number of nitrogens with two attached hydrogens (primary N) is 1. The molecule has 5 nitrogen and oxygen atoms in total. The number of pyridine rings is 1. The van der Waals surface area contributed by atoms with Crippen LogP contribution in [0.4, 0.5) is 5.95 Å². The molecule has 2 heterocycles. The van der Waals surface area contributed by atoms with E-state index in [4.69, 9.17) is 5.73 Å². The summed E-state index contributed by atoms with van der Waals surface area (Å²) in [5.41, 5.74) is 7.43. The summed E-state index contributed by atoms with van der Waals surface area (Å²) in [6, 6.07) is 6.08. The van der Waals surface area contributed by atoms with E-state index in [-0.39, 0.29) is 6.04 Å². The standard InChI is InChI=1S/C10H15N5/c1-7(6-11)12-10-13-9-5-3-4-8(2)15(9)14-10/h3-5,7H,6,11H2,1-2H3,(H,12,14). The first-order valence-corrected chi connectivity index (χ1v) is 4.99. The fourth-order valence-electron chi connectivity index (χ4n) is 1.38. The van der Waals surface area contributed by atoms with E-state index >= 15 is 0 Å². The fraction of sp³-hybridized carbons (Fsp3) is 0.400. The Morgan fingerprint density at radius 1 is 1.53 bits per heavy atom. The molecule has 0 fully saturated rings. The molecule has 0 aliphatic carbocycles. The molecule has 15 heavy (non-hydrogen) atoms. The van der Waals surface area contributed by atoms with Gasteiger partial charge in [0.1, 0.15) is 0 Å². The molecule has 1 atom stereocenters. The average Bonchev–Trinajstić information content (AvgIpc) is 2.62. The van der Waals surface area contributed by atoms with E-state index in [0.717, 1.165) is 11.3 Å². The van der Waals surface area contributed by atoms with Gasteiger partial charge in [0.2, 0.25) is 5.95 Å². The predicted molar refractivity (Wildman–Crippen MR) is 59.9 cm³/mol. The molecular formula is C10H15N5. The highest BCUT2D eigenvalue weighted by molar-refractivity contribution is 5.44. The highest BCUT2D eigenvalue weighted by Crippen LogP contribution is 2.08. The maximum Gasteiger partial charge on any atom is 0.243 e. The molecule has 0 spiro atoms. The first-order valence-electron chi connectivity index (χ1n) is 4.99. The van der Waals surface area contributed by atoms with Gasteiger partial charge in [-0.25, -0.2) is 4.52 Å². The minimum atomic E-state index is 0.183. The molecule has 1 unspecified atom stereocenters. The number of rotatable bonds is 3. The Hall–Kier alpha value is -1.62. The average molecular weight is 205 g/mol. The molecule has 0 bridgehead atoms. The number of nitrogens with one attached hydrogen (secondary N) is 1. The maximum absolute atomic E-state index is 5.52. The lowest BCUT2D eigenvalue weighted by atomic mass is 10.3. The summed E-state index contributed by atoms with van der Waals surface area (Å²) in [6.07, 6.45) is 0. The van der Waals surface area contributed by atoms with Gasteiger partial charge in [-0.1, -0.05) is 6.07 Å². The summed E-state index contributed by atoms with van der Waals surface area (Å²) in [6.45, 7) is 4.56. The zero-order valence-corrected chi connectivity index (χ0v) is 8.94. The molecule has 2 rings (SSSR count). The zero-order chi connectivity index (χ0) is 10.8. The Morgan fingerprint density at radius 3 is 3.00 bits per heavy atom. The van der Waals surface area contributed by atoms with E-state index in [1.807, 2.05) is 36.6 Å². The second-order valence-electron chi connectivity index (χ2n) is 3.65. The number of aryl methyl sites for hydroxylation is 1. The third-order valence-electron chi connectivity index (χ3n) is 2.28. The first kappa shape index (κ1) is 9.92. The van der Waals surface area contributed by atoms with E-state index in [9.17, 15) is 0 Å². The smallest absolute Gasteiger partial charge is 0.243 e. The van der Waals surface area contributed by atoms with Crippen LogP contribution in [-0.4, -0.2) is 27.2 Å². The molecule has 5 heteroatoms. The van der Waals surface area contributed by atoms with Gasteiger partial charge in [0.15, 0.2) is 5.65 Å². The molecule has 80 valence electrons. The van der Waals surface area contributed by atoms with E-state index < -0.39 is 0 Å². The van der Waals surface area contributed by atoms with Gasteiger partial charge in [-0.05, 0) is 26.0 Å². The third kappa shape index (κ3) is 1.92. The summed E-state index contributed by atoms with van der Waals surface area (Å²) in [7, 11) is 0. The number of nitrogens with zero attached hydrogens (tertiary/aromatic N) is 3. The van der Waals surface area contributed by atoms with Crippen LogP contribution in [0.3, 0.4) is 0 Å². The van der Waals surface area contributed by atoms with Crippen molar-refractivity contribution in [3.8, 4) is 0 Å². The van der Waals surface area contributed by atoms with Gasteiger partial charge in [-0.3, -0.25) is 0 Å². The van der Waals surface area contributed by atoms with Gasteiger partial charge in [0.05, 0.1) is 0 Å². The minimum absolute atomic E-state index is 0.183. The lowest BCUT2D eigenvalue weighted by molar-refractivity contribution is 0.786. The second-order valence-corrected chi connectivity index (χ2v) is 3.65. The van der Waals surface area contributed by atoms with Crippen LogP contribution in [0.25, 0.3) is 5.65 Å². The van der Waals surface area contributed by atoms with Crippen LogP contribution in [0.1, 0.15) is 12.6 Å². The quantitative estimate of drug-likeness (QED) is 0.777. The van der Waals surface area contributed by atoms with Crippen LogP contribution in [0, 0.1) is 6.92 Å². The maximum atomic E-state index is 5.52. The van der Waals surface area contributed by atoms with Gasteiger partial charge in [-0.15, -0.1) is 5.10 Å². The van der Waals surface area contributed by atoms with Crippen LogP contribution in [-0.2, 0) is 0 Å². The zero-order valence-electron chi connectivity index (χ0n) is 8.94. The summed E-state index contributed by atoms with van der Waals surface area (Å²) >= 11 is 0. The highest BCUT2D eigenvalue weighted by atomic mass is 15.4. The molecule has 0 radical (unpaired) electrons. The Kier molecular flexibility index (Phi) is 2.55. The minimum Gasteiger partial charge on any atom is -0.349 e. The van der Waals surface area contributed by atoms with Gasteiger partial charge < -0.3 is 11.1 Å². The van der Waals surface area contributed by atoms with E-state index in [0.29, 0.717) is 12.5 Å². The number of aromatic nitrogens is 3. The molecule has 2 aromatic heterocycles. The Bertz CT molecular complexity index is 462. The van der Waals surface area contributed by atoms with Crippen molar-refractivity contribution < 1.29 is 0 Å². The molecular weight excluding hydrogens is 190 g/mol. The molecule has 2 aromatic rings. The van der Waals surface area contributed by atoms with Crippen molar-refractivity contribution in [2.75, 3.05) is 11.9 Å². The van der Waals surface area contributed by atoms with Gasteiger partial charge in [0, 0.05) is 18.3 Å². The number of hydrogen-bond acceptors (Lipinski definition) is 4.